The first-order valence-electron chi connectivity index (χ1n) is 8.49. The first kappa shape index (κ1) is 17.5. The van der Waals surface area contributed by atoms with Crippen LogP contribution in [0.5, 0.6) is 0 Å². The Morgan fingerprint density at radius 3 is 2.82 bits per heavy atom. The lowest BCUT2D eigenvalue weighted by atomic mass is 10.3. The van der Waals surface area contributed by atoms with Crippen molar-refractivity contribution in [2.75, 3.05) is 10.6 Å². The van der Waals surface area contributed by atoms with Crippen LogP contribution in [0.1, 0.15) is 12.6 Å². The Morgan fingerprint density at radius 1 is 1.18 bits per heavy atom. The summed E-state index contributed by atoms with van der Waals surface area (Å²) in [6.45, 7) is 3.01. The van der Waals surface area contributed by atoms with E-state index in [-0.39, 0.29) is 17.4 Å². The summed E-state index contributed by atoms with van der Waals surface area (Å²) in [6.07, 6.45) is 3.37. The van der Waals surface area contributed by atoms with Gasteiger partial charge in [-0.05, 0) is 37.3 Å². The molecule has 1 amide bonds. The van der Waals surface area contributed by atoms with Gasteiger partial charge in [0.05, 0.1) is 5.69 Å². The number of rotatable bonds is 4. The molecule has 0 bridgehead atoms. The highest BCUT2D eigenvalue weighted by atomic mass is 19.1. The van der Waals surface area contributed by atoms with Crippen LogP contribution >= 0.6 is 0 Å². The first-order valence-corrected chi connectivity index (χ1v) is 8.49. The van der Waals surface area contributed by atoms with Gasteiger partial charge in [0.2, 0.25) is 11.7 Å². The van der Waals surface area contributed by atoms with E-state index < -0.39 is 0 Å². The monoisotopic (exact) mass is 377 g/mol. The molecule has 4 aromatic rings. The summed E-state index contributed by atoms with van der Waals surface area (Å²) in [7, 11) is 0. The van der Waals surface area contributed by atoms with Crippen LogP contribution in [0, 0.1) is 12.7 Å². The summed E-state index contributed by atoms with van der Waals surface area (Å²) >= 11 is 0. The molecule has 140 valence electrons. The van der Waals surface area contributed by atoms with Gasteiger partial charge in [-0.2, -0.15) is 0 Å². The van der Waals surface area contributed by atoms with E-state index in [2.05, 4.69) is 30.7 Å². The largest absolute Gasteiger partial charge is 0.338 e. The molecule has 0 fully saturated rings. The zero-order valence-corrected chi connectivity index (χ0v) is 15.1. The first-order chi connectivity index (χ1) is 13.5. The third-order valence-corrected chi connectivity index (χ3v) is 3.97. The van der Waals surface area contributed by atoms with E-state index >= 15 is 0 Å². The number of amides is 1. The van der Waals surface area contributed by atoms with Crippen molar-refractivity contribution in [1.29, 1.82) is 0 Å². The molecule has 0 aromatic carbocycles. The lowest BCUT2D eigenvalue weighted by molar-refractivity contribution is -0.114. The Morgan fingerprint density at radius 2 is 2.04 bits per heavy atom. The van der Waals surface area contributed by atoms with Gasteiger partial charge in [-0.25, -0.2) is 23.9 Å². The number of carbonyl (C=O) groups is 1. The van der Waals surface area contributed by atoms with Gasteiger partial charge < -0.3 is 10.6 Å². The molecule has 0 atom stereocenters. The molecule has 0 aliphatic rings. The number of nitrogens with one attached hydrogen (secondary N) is 2. The van der Waals surface area contributed by atoms with Gasteiger partial charge in [-0.15, -0.1) is 5.10 Å². The van der Waals surface area contributed by atoms with Crippen molar-refractivity contribution in [2.45, 2.75) is 13.8 Å². The lowest BCUT2D eigenvalue weighted by Gasteiger charge is -2.11. The fourth-order valence-electron chi connectivity index (χ4n) is 2.70. The molecule has 8 nitrogen and oxygen atoms in total. The summed E-state index contributed by atoms with van der Waals surface area (Å²) in [5, 5.41) is 10.3. The zero-order valence-electron chi connectivity index (χ0n) is 15.1. The number of fused-ring (bicyclic) bond motifs is 1. The van der Waals surface area contributed by atoms with Crippen LogP contribution in [0.2, 0.25) is 0 Å². The van der Waals surface area contributed by atoms with Crippen LogP contribution in [-0.4, -0.2) is 30.5 Å². The second-order valence-electron chi connectivity index (χ2n) is 6.12. The molecule has 2 N–H and O–H groups in total. The fraction of sp³-hybridized carbons (Fsp3) is 0.105. The number of halogens is 1. The summed E-state index contributed by atoms with van der Waals surface area (Å²) in [4.78, 5) is 24.1. The molecular formula is C19H16FN7O. The van der Waals surface area contributed by atoms with E-state index in [1.165, 1.54) is 19.1 Å². The molecule has 9 heteroatoms. The van der Waals surface area contributed by atoms with Gasteiger partial charge in [0.25, 0.3) is 0 Å². The normalized spacial score (nSPS) is 10.8. The minimum Gasteiger partial charge on any atom is -0.338 e. The molecule has 4 rings (SSSR count). The maximum Gasteiger partial charge on any atom is 0.222 e. The molecule has 4 aromatic heterocycles. The molecule has 0 radical (unpaired) electrons. The number of carbonyl (C=O) groups excluding carboxylic acids is 1. The SMILES string of the molecule is CC(=O)Nc1cc(Nc2nc(-c3ccc(F)c(C)n3)nn3cccc23)ccn1. The average Bonchev–Trinajstić information content (AvgIpc) is 3.13. The topological polar surface area (TPSA) is 97.1 Å². The third-order valence-electron chi connectivity index (χ3n) is 3.97. The molecule has 0 aliphatic carbocycles. The van der Waals surface area contributed by atoms with Gasteiger partial charge in [-0.1, -0.05) is 0 Å². The molecule has 4 heterocycles. The van der Waals surface area contributed by atoms with E-state index in [1.54, 1.807) is 36.0 Å². The molecule has 0 saturated heterocycles. The van der Waals surface area contributed by atoms with Gasteiger partial charge in [0.15, 0.2) is 5.82 Å². The maximum atomic E-state index is 13.6. The molecule has 28 heavy (non-hydrogen) atoms. The Bertz CT molecular complexity index is 1190. The van der Waals surface area contributed by atoms with Gasteiger partial charge >= 0.3 is 0 Å². The predicted molar refractivity (Wildman–Crippen MR) is 103 cm³/mol. The number of aryl methyl sites for hydroxylation is 1. The standard InChI is InChI=1S/C19H16FN7O/c1-11-14(20)5-6-15(22-11)18-25-19(16-4-3-9-27(16)26-18)24-13-7-8-21-17(10-13)23-12(2)28/h3-10H,1-2H3,(H2,21,23,24,25,26,28). The van der Waals surface area contributed by atoms with Gasteiger partial charge in [0, 0.05) is 31.1 Å². The fourth-order valence-corrected chi connectivity index (χ4v) is 2.70. The minimum absolute atomic E-state index is 0.208. The van der Waals surface area contributed by atoms with Crippen LogP contribution in [0.3, 0.4) is 0 Å². The highest BCUT2D eigenvalue weighted by molar-refractivity contribution is 5.88. The second-order valence-corrected chi connectivity index (χ2v) is 6.12. The van der Waals surface area contributed by atoms with Crippen LogP contribution in [0.15, 0.2) is 48.8 Å². The summed E-state index contributed by atoms with van der Waals surface area (Å²) < 4.78 is 15.2. The van der Waals surface area contributed by atoms with Crippen molar-refractivity contribution in [2.24, 2.45) is 0 Å². The predicted octanol–water partition coefficient (Wildman–Crippen LogP) is 3.34. The second kappa shape index (κ2) is 7.03. The van der Waals surface area contributed by atoms with E-state index in [0.29, 0.717) is 28.8 Å². The molecule has 0 aliphatic heterocycles. The minimum atomic E-state index is -0.383. The summed E-state index contributed by atoms with van der Waals surface area (Å²) in [5.74, 6) is 0.727. The van der Waals surface area contributed by atoms with Crippen LogP contribution in [0.4, 0.5) is 21.7 Å². The average molecular weight is 377 g/mol. The Labute approximate surface area is 159 Å². The summed E-state index contributed by atoms with van der Waals surface area (Å²) in [6, 6.07) is 10.0. The molecule has 0 saturated carbocycles. The van der Waals surface area contributed by atoms with E-state index in [1.807, 2.05) is 12.1 Å². The number of aromatic nitrogens is 5. The van der Waals surface area contributed by atoms with Crippen LogP contribution < -0.4 is 10.6 Å². The van der Waals surface area contributed by atoms with Crippen molar-refractivity contribution in [3.63, 3.8) is 0 Å². The van der Waals surface area contributed by atoms with Crippen LogP contribution in [-0.2, 0) is 4.79 Å². The van der Waals surface area contributed by atoms with E-state index in [0.717, 1.165) is 5.52 Å². The number of hydrogen-bond donors (Lipinski definition) is 2. The van der Waals surface area contributed by atoms with E-state index in [9.17, 15) is 9.18 Å². The van der Waals surface area contributed by atoms with Gasteiger partial charge in [0.1, 0.15) is 22.8 Å². The van der Waals surface area contributed by atoms with Crippen molar-refractivity contribution >= 4 is 28.7 Å². The van der Waals surface area contributed by atoms with Crippen LogP contribution in [0.25, 0.3) is 17.0 Å². The van der Waals surface area contributed by atoms with E-state index in [4.69, 9.17) is 0 Å². The van der Waals surface area contributed by atoms with Crippen molar-refractivity contribution in [3.8, 4) is 11.5 Å². The number of hydrogen-bond acceptors (Lipinski definition) is 6. The van der Waals surface area contributed by atoms with Crippen molar-refractivity contribution in [1.82, 2.24) is 24.6 Å². The number of nitrogens with zero attached hydrogens (tertiary/aromatic N) is 5. The molecular weight excluding hydrogens is 361 g/mol. The lowest BCUT2D eigenvalue weighted by Crippen LogP contribution is -2.08. The zero-order chi connectivity index (χ0) is 19.7. The Kier molecular flexibility index (Phi) is 4.40. The van der Waals surface area contributed by atoms with Gasteiger partial charge in [-0.3, -0.25) is 4.79 Å². The molecule has 0 unspecified atom stereocenters. The Balaban J connectivity index is 1.75. The number of anilines is 3. The third kappa shape index (κ3) is 3.50. The van der Waals surface area contributed by atoms with Crippen molar-refractivity contribution < 1.29 is 9.18 Å². The smallest absolute Gasteiger partial charge is 0.222 e. The number of pyridine rings is 2. The highest BCUT2D eigenvalue weighted by Crippen LogP contribution is 2.24. The maximum absolute atomic E-state index is 13.6. The Hall–Kier alpha value is -3.88. The molecule has 0 spiro atoms. The van der Waals surface area contributed by atoms with Crippen molar-refractivity contribution in [3.05, 3.63) is 60.3 Å². The quantitative estimate of drug-likeness (QED) is 0.566. The highest BCUT2D eigenvalue weighted by Gasteiger charge is 2.12. The summed E-state index contributed by atoms with van der Waals surface area (Å²) in [5.41, 5.74) is 2.18.